The molecule has 0 spiro atoms. The maximum absolute atomic E-state index is 13.9. The Balaban J connectivity index is 2.03. The van der Waals surface area contributed by atoms with E-state index in [4.69, 9.17) is 0 Å². The molecule has 0 saturated carbocycles. The van der Waals surface area contributed by atoms with Gasteiger partial charge in [-0.2, -0.15) is 0 Å². The maximum atomic E-state index is 13.9. The minimum absolute atomic E-state index is 0.0530. The number of sulfonamides is 1. The zero-order valence-corrected chi connectivity index (χ0v) is 23.5. The van der Waals surface area contributed by atoms with Gasteiger partial charge in [0.05, 0.1) is 10.6 Å². The molecule has 0 aliphatic heterocycles. The molecule has 7 nitrogen and oxygen atoms in total. The molecule has 0 heterocycles. The van der Waals surface area contributed by atoms with Crippen LogP contribution in [0.25, 0.3) is 0 Å². The first-order valence-corrected chi connectivity index (χ1v) is 14.3. The van der Waals surface area contributed by atoms with E-state index in [2.05, 4.69) is 5.32 Å². The number of carbonyl (C=O) groups is 2. The van der Waals surface area contributed by atoms with Gasteiger partial charge in [-0.15, -0.1) is 0 Å². The monoisotopic (exact) mass is 535 g/mol. The molecule has 0 bridgehead atoms. The fourth-order valence-electron chi connectivity index (χ4n) is 4.13. The van der Waals surface area contributed by atoms with Crippen LogP contribution < -0.4 is 9.62 Å². The van der Waals surface area contributed by atoms with Gasteiger partial charge >= 0.3 is 0 Å². The number of benzene rings is 3. The SMILES string of the molecule is CC[C@H](C)NC(=O)[C@@H](C)N(Cc1cccc(C)c1)C(=O)CN(c1ccccc1C)S(=O)(=O)c1ccccc1. The van der Waals surface area contributed by atoms with Crippen molar-refractivity contribution in [1.82, 2.24) is 10.2 Å². The molecule has 8 heteroatoms. The third-order valence-electron chi connectivity index (χ3n) is 6.60. The standard InChI is InChI=1S/C30H37N3O4S/c1-6-24(4)31-30(35)25(5)32(20-26-15-12-13-22(2)19-26)29(34)21-33(28-18-11-10-14-23(28)3)38(36,37)27-16-8-7-9-17-27/h7-19,24-25H,6,20-21H2,1-5H3,(H,31,35)/t24-,25+/m0/s1. The minimum atomic E-state index is -4.07. The van der Waals surface area contributed by atoms with Crippen LogP contribution in [-0.4, -0.2) is 43.8 Å². The van der Waals surface area contributed by atoms with Crippen molar-refractivity contribution in [2.45, 2.75) is 64.6 Å². The van der Waals surface area contributed by atoms with Crippen molar-refractivity contribution in [3.63, 3.8) is 0 Å². The van der Waals surface area contributed by atoms with Gasteiger partial charge in [-0.25, -0.2) is 8.42 Å². The summed E-state index contributed by atoms with van der Waals surface area (Å²) in [6.45, 7) is 9.04. The van der Waals surface area contributed by atoms with Gasteiger partial charge in [0.25, 0.3) is 10.0 Å². The summed E-state index contributed by atoms with van der Waals surface area (Å²) >= 11 is 0. The highest BCUT2D eigenvalue weighted by molar-refractivity contribution is 7.92. The van der Waals surface area contributed by atoms with Crippen LogP contribution in [0.3, 0.4) is 0 Å². The molecule has 0 fully saturated rings. The summed E-state index contributed by atoms with van der Waals surface area (Å²) in [7, 11) is -4.07. The van der Waals surface area contributed by atoms with E-state index in [0.29, 0.717) is 11.3 Å². The molecule has 0 saturated heterocycles. The van der Waals surface area contributed by atoms with Crippen LogP contribution in [0.1, 0.15) is 43.9 Å². The second-order valence-electron chi connectivity index (χ2n) is 9.62. The van der Waals surface area contributed by atoms with Gasteiger partial charge in [0.2, 0.25) is 11.8 Å². The van der Waals surface area contributed by atoms with Crippen molar-refractivity contribution in [1.29, 1.82) is 0 Å². The van der Waals surface area contributed by atoms with E-state index in [1.54, 1.807) is 50.2 Å². The van der Waals surface area contributed by atoms with Crippen molar-refractivity contribution in [3.8, 4) is 0 Å². The smallest absolute Gasteiger partial charge is 0.264 e. The Morgan fingerprint density at radius 1 is 0.895 bits per heavy atom. The summed E-state index contributed by atoms with van der Waals surface area (Å²) < 4.78 is 28.8. The van der Waals surface area contributed by atoms with Gasteiger partial charge < -0.3 is 10.2 Å². The van der Waals surface area contributed by atoms with E-state index >= 15 is 0 Å². The minimum Gasteiger partial charge on any atom is -0.352 e. The zero-order chi connectivity index (χ0) is 27.9. The van der Waals surface area contributed by atoms with E-state index in [1.165, 1.54) is 17.0 Å². The van der Waals surface area contributed by atoms with Crippen LogP contribution in [0.4, 0.5) is 5.69 Å². The first-order valence-electron chi connectivity index (χ1n) is 12.8. The lowest BCUT2D eigenvalue weighted by Gasteiger charge is -2.33. The van der Waals surface area contributed by atoms with Crippen LogP contribution in [0.2, 0.25) is 0 Å². The Hall–Kier alpha value is -3.65. The molecule has 2 amide bonds. The fraction of sp³-hybridized carbons (Fsp3) is 0.333. The molecule has 202 valence electrons. The predicted octanol–water partition coefficient (Wildman–Crippen LogP) is 4.83. The number of hydrogen-bond acceptors (Lipinski definition) is 4. The summed E-state index contributed by atoms with van der Waals surface area (Å²) in [6.07, 6.45) is 0.751. The van der Waals surface area contributed by atoms with Crippen LogP contribution in [0.5, 0.6) is 0 Å². The largest absolute Gasteiger partial charge is 0.352 e. The summed E-state index contributed by atoms with van der Waals surface area (Å²) in [6, 6.07) is 22.0. The average molecular weight is 536 g/mol. The van der Waals surface area contributed by atoms with Gasteiger partial charge in [0.15, 0.2) is 0 Å². The van der Waals surface area contributed by atoms with Gasteiger partial charge in [-0.05, 0) is 63.4 Å². The average Bonchev–Trinajstić information content (AvgIpc) is 2.90. The first kappa shape index (κ1) is 28.9. The number of anilines is 1. The predicted molar refractivity (Wildman–Crippen MR) is 151 cm³/mol. The summed E-state index contributed by atoms with van der Waals surface area (Å²) in [4.78, 5) is 28.6. The third kappa shape index (κ3) is 7.01. The van der Waals surface area contributed by atoms with Gasteiger partial charge in [0.1, 0.15) is 12.6 Å². The molecular weight excluding hydrogens is 498 g/mol. The Bertz CT molecular complexity index is 1360. The molecule has 0 aliphatic rings. The molecular formula is C30H37N3O4S. The number of amides is 2. The van der Waals surface area contributed by atoms with Crippen molar-refractivity contribution >= 4 is 27.5 Å². The molecule has 0 unspecified atom stereocenters. The van der Waals surface area contributed by atoms with Crippen LogP contribution in [0.15, 0.2) is 83.8 Å². The highest BCUT2D eigenvalue weighted by Gasteiger charge is 2.33. The highest BCUT2D eigenvalue weighted by Crippen LogP contribution is 2.27. The Kier molecular flexibility index (Phi) is 9.69. The molecule has 0 aliphatic carbocycles. The van der Waals surface area contributed by atoms with E-state index in [0.717, 1.165) is 21.9 Å². The second kappa shape index (κ2) is 12.7. The van der Waals surface area contributed by atoms with Crippen LogP contribution >= 0.6 is 0 Å². The molecule has 0 radical (unpaired) electrons. The third-order valence-corrected chi connectivity index (χ3v) is 8.37. The number of nitrogens with zero attached hydrogens (tertiary/aromatic N) is 2. The Labute approximate surface area is 226 Å². The van der Waals surface area contributed by atoms with Crippen LogP contribution in [-0.2, 0) is 26.2 Å². The van der Waals surface area contributed by atoms with E-state index in [1.807, 2.05) is 51.1 Å². The topological polar surface area (TPSA) is 86.8 Å². The first-order chi connectivity index (χ1) is 18.0. The summed E-state index contributed by atoms with van der Waals surface area (Å²) in [5.41, 5.74) is 3.01. The molecule has 0 aromatic heterocycles. The quantitative estimate of drug-likeness (QED) is 0.381. The van der Waals surface area contributed by atoms with Gasteiger partial charge in [0, 0.05) is 12.6 Å². The van der Waals surface area contributed by atoms with E-state index < -0.39 is 28.5 Å². The number of aryl methyl sites for hydroxylation is 2. The van der Waals surface area contributed by atoms with Crippen molar-refractivity contribution in [3.05, 3.63) is 95.6 Å². The van der Waals surface area contributed by atoms with Crippen molar-refractivity contribution in [2.24, 2.45) is 0 Å². The van der Waals surface area contributed by atoms with Gasteiger partial charge in [-0.1, -0.05) is 73.2 Å². The van der Waals surface area contributed by atoms with Crippen LogP contribution in [0, 0.1) is 13.8 Å². The molecule has 3 aromatic rings. The highest BCUT2D eigenvalue weighted by atomic mass is 32.2. The van der Waals surface area contributed by atoms with E-state index in [-0.39, 0.29) is 23.4 Å². The molecule has 1 N–H and O–H groups in total. The molecule has 3 rings (SSSR count). The summed E-state index contributed by atoms with van der Waals surface area (Å²) in [5, 5.41) is 2.95. The lowest BCUT2D eigenvalue weighted by Crippen LogP contribution is -2.52. The number of hydrogen-bond donors (Lipinski definition) is 1. The lowest BCUT2D eigenvalue weighted by atomic mass is 10.1. The molecule has 38 heavy (non-hydrogen) atoms. The lowest BCUT2D eigenvalue weighted by molar-refractivity contribution is -0.139. The van der Waals surface area contributed by atoms with Gasteiger partial charge in [-0.3, -0.25) is 13.9 Å². The van der Waals surface area contributed by atoms with E-state index in [9.17, 15) is 18.0 Å². The Morgan fingerprint density at radius 3 is 2.18 bits per heavy atom. The number of rotatable bonds is 11. The Morgan fingerprint density at radius 2 is 1.55 bits per heavy atom. The normalized spacial score (nSPS) is 12.9. The van der Waals surface area contributed by atoms with Crippen molar-refractivity contribution < 1.29 is 18.0 Å². The summed E-state index contributed by atoms with van der Waals surface area (Å²) in [5.74, 6) is -0.755. The zero-order valence-electron chi connectivity index (χ0n) is 22.7. The number of nitrogens with one attached hydrogen (secondary N) is 1. The molecule has 2 atom stereocenters. The maximum Gasteiger partial charge on any atom is 0.264 e. The molecule has 3 aromatic carbocycles. The fourth-order valence-corrected chi connectivity index (χ4v) is 5.63. The number of carbonyl (C=O) groups excluding carboxylic acids is 2. The number of para-hydroxylation sites is 1. The van der Waals surface area contributed by atoms with Crippen molar-refractivity contribution in [2.75, 3.05) is 10.8 Å². The second-order valence-corrected chi connectivity index (χ2v) is 11.5.